The van der Waals surface area contributed by atoms with Crippen LogP contribution in [0.1, 0.15) is 5.56 Å². The maximum absolute atomic E-state index is 13.6. The van der Waals surface area contributed by atoms with Crippen LogP contribution in [0.4, 0.5) is 21.8 Å². The van der Waals surface area contributed by atoms with Gasteiger partial charge < -0.3 is 20.1 Å². The minimum absolute atomic E-state index is 0.220. The summed E-state index contributed by atoms with van der Waals surface area (Å²) in [7, 11) is 3.16. The Bertz CT molecular complexity index is 907. The Morgan fingerprint density at radius 3 is 2.63 bits per heavy atom. The fourth-order valence-electron chi connectivity index (χ4n) is 2.51. The summed E-state index contributed by atoms with van der Waals surface area (Å²) in [5.74, 6) is 1.90. The molecule has 0 unspecified atom stereocenters. The van der Waals surface area contributed by atoms with Crippen molar-refractivity contribution in [2.24, 2.45) is 0 Å². The molecule has 0 aliphatic heterocycles. The Balaban J connectivity index is 1.63. The van der Waals surface area contributed by atoms with Gasteiger partial charge in [-0.25, -0.2) is 4.39 Å². The lowest BCUT2D eigenvalue weighted by atomic mass is 10.1. The number of halogens is 1. The average Bonchev–Trinajstić information content (AvgIpc) is 2.69. The Morgan fingerprint density at radius 1 is 1.04 bits per heavy atom. The van der Waals surface area contributed by atoms with Crippen LogP contribution < -0.4 is 20.1 Å². The van der Waals surface area contributed by atoms with Crippen molar-refractivity contribution in [3.63, 3.8) is 0 Å². The summed E-state index contributed by atoms with van der Waals surface area (Å²) in [4.78, 5) is 4.36. The molecular weight excluding hydrogens is 349 g/mol. The van der Waals surface area contributed by atoms with Crippen LogP contribution in [-0.2, 0) is 6.42 Å². The molecule has 3 aromatic rings. The quantitative estimate of drug-likeness (QED) is 0.629. The highest BCUT2D eigenvalue weighted by Crippen LogP contribution is 2.30. The molecule has 1 aromatic heterocycles. The molecule has 1 heterocycles. The van der Waals surface area contributed by atoms with E-state index >= 15 is 0 Å². The Morgan fingerprint density at radius 2 is 1.85 bits per heavy atom. The number of aromatic nitrogens is 3. The van der Waals surface area contributed by atoms with Gasteiger partial charge >= 0.3 is 0 Å². The molecule has 0 aliphatic rings. The predicted molar refractivity (Wildman–Crippen MR) is 101 cm³/mol. The van der Waals surface area contributed by atoms with Gasteiger partial charge in [-0.1, -0.05) is 18.2 Å². The summed E-state index contributed by atoms with van der Waals surface area (Å²) in [6.45, 7) is 0.489. The monoisotopic (exact) mass is 369 g/mol. The van der Waals surface area contributed by atoms with E-state index in [1.54, 1.807) is 38.5 Å². The number of benzene rings is 2. The molecule has 0 aliphatic carbocycles. The van der Waals surface area contributed by atoms with Crippen LogP contribution in [0.15, 0.2) is 48.7 Å². The van der Waals surface area contributed by atoms with Crippen LogP contribution in [0.25, 0.3) is 0 Å². The summed E-state index contributed by atoms with van der Waals surface area (Å²) < 4.78 is 24.1. The van der Waals surface area contributed by atoms with Crippen LogP contribution in [0, 0.1) is 5.82 Å². The number of hydrogen-bond donors (Lipinski definition) is 2. The summed E-state index contributed by atoms with van der Waals surface area (Å²) in [5.41, 5.74) is 1.41. The minimum Gasteiger partial charge on any atom is -0.493 e. The molecule has 0 saturated carbocycles. The molecule has 0 spiro atoms. The number of ether oxygens (including phenoxy) is 2. The summed E-state index contributed by atoms with van der Waals surface area (Å²) in [6.07, 6.45) is 2.03. The van der Waals surface area contributed by atoms with Crippen LogP contribution in [0.2, 0.25) is 0 Å². The first-order valence-corrected chi connectivity index (χ1v) is 8.35. The van der Waals surface area contributed by atoms with Crippen LogP contribution >= 0.6 is 0 Å². The van der Waals surface area contributed by atoms with Gasteiger partial charge in [-0.05, 0) is 30.2 Å². The highest BCUT2D eigenvalue weighted by atomic mass is 19.1. The molecule has 27 heavy (non-hydrogen) atoms. The molecule has 8 heteroatoms. The first-order chi connectivity index (χ1) is 13.2. The molecule has 0 atom stereocenters. The van der Waals surface area contributed by atoms with Crippen LogP contribution in [-0.4, -0.2) is 35.9 Å². The Hall–Kier alpha value is -3.42. The van der Waals surface area contributed by atoms with E-state index in [1.807, 2.05) is 12.1 Å². The number of anilines is 3. The largest absolute Gasteiger partial charge is 0.493 e. The zero-order valence-electron chi connectivity index (χ0n) is 15.1. The van der Waals surface area contributed by atoms with Gasteiger partial charge in [0.05, 0.1) is 20.4 Å². The molecule has 2 N–H and O–H groups in total. The van der Waals surface area contributed by atoms with E-state index < -0.39 is 0 Å². The van der Waals surface area contributed by atoms with Crippen molar-refractivity contribution >= 4 is 17.5 Å². The van der Waals surface area contributed by atoms with Gasteiger partial charge in [0, 0.05) is 18.3 Å². The third-order valence-electron chi connectivity index (χ3n) is 3.85. The van der Waals surface area contributed by atoms with Crippen molar-refractivity contribution in [1.82, 2.24) is 15.2 Å². The summed E-state index contributed by atoms with van der Waals surface area (Å²) in [5, 5.41) is 14.1. The molecule has 0 radical (unpaired) electrons. The van der Waals surface area contributed by atoms with E-state index in [-0.39, 0.29) is 5.82 Å². The molecule has 3 rings (SSSR count). The van der Waals surface area contributed by atoms with Crippen LogP contribution in [0.3, 0.4) is 0 Å². The molecular formula is C19H20FN5O2. The first-order valence-electron chi connectivity index (χ1n) is 8.35. The highest BCUT2D eigenvalue weighted by Gasteiger charge is 2.07. The Kier molecular flexibility index (Phi) is 5.98. The highest BCUT2D eigenvalue weighted by molar-refractivity contribution is 5.61. The lowest BCUT2D eigenvalue weighted by molar-refractivity contribution is 0.355. The van der Waals surface area contributed by atoms with E-state index in [4.69, 9.17) is 9.47 Å². The smallest absolute Gasteiger partial charge is 0.244 e. The van der Waals surface area contributed by atoms with Gasteiger partial charge in [0.2, 0.25) is 5.95 Å². The maximum atomic E-state index is 13.6. The SMILES string of the molecule is COc1ccc(Nc2cnnc(NCCc3ccccc3F)n2)cc1OC. The zero-order chi connectivity index (χ0) is 19.1. The Labute approximate surface area is 156 Å². The topological polar surface area (TPSA) is 81.2 Å². The summed E-state index contributed by atoms with van der Waals surface area (Å²) in [6, 6.07) is 12.1. The average molecular weight is 369 g/mol. The van der Waals surface area contributed by atoms with Crippen molar-refractivity contribution < 1.29 is 13.9 Å². The second-order valence-corrected chi connectivity index (χ2v) is 5.63. The normalized spacial score (nSPS) is 10.3. The van der Waals surface area contributed by atoms with Gasteiger partial charge in [0.1, 0.15) is 5.82 Å². The third-order valence-corrected chi connectivity index (χ3v) is 3.85. The van der Waals surface area contributed by atoms with E-state index in [0.717, 1.165) is 5.69 Å². The van der Waals surface area contributed by atoms with Gasteiger partial charge in [-0.2, -0.15) is 10.1 Å². The van der Waals surface area contributed by atoms with Crippen molar-refractivity contribution in [2.45, 2.75) is 6.42 Å². The minimum atomic E-state index is -0.220. The fraction of sp³-hybridized carbons (Fsp3) is 0.211. The number of nitrogens with one attached hydrogen (secondary N) is 2. The zero-order valence-corrected chi connectivity index (χ0v) is 15.1. The lowest BCUT2D eigenvalue weighted by Gasteiger charge is -2.11. The number of hydrogen-bond acceptors (Lipinski definition) is 7. The standard InChI is InChI=1S/C19H20FN5O2/c1-26-16-8-7-14(11-17(16)27-2)23-18-12-22-25-19(24-18)21-10-9-13-5-3-4-6-15(13)20/h3-8,11-12H,9-10H2,1-2H3,(H2,21,23,24,25). The van der Waals surface area contributed by atoms with E-state index in [1.165, 1.54) is 12.3 Å². The van der Waals surface area contributed by atoms with Crippen LogP contribution in [0.5, 0.6) is 11.5 Å². The molecule has 0 fully saturated rings. The van der Waals surface area contributed by atoms with Crippen molar-refractivity contribution in [3.05, 3.63) is 60.0 Å². The van der Waals surface area contributed by atoms with Crippen molar-refractivity contribution in [2.75, 3.05) is 31.4 Å². The molecule has 0 saturated heterocycles. The maximum Gasteiger partial charge on any atom is 0.244 e. The molecule has 0 bridgehead atoms. The first kappa shape index (κ1) is 18.4. The number of methoxy groups -OCH3 is 2. The van der Waals surface area contributed by atoms with Crippen molar-refractivity contribution in [3.8, 4) is 11.5 Å². The fourth-order valence-corrected chi connectivity index (χ4v) is 2.51. The number of nitrogens with zero attached hydrogens (tertiary/aromatic N) is 3. The summed E-state index contributed by atoms with van der Waals surface area (Å²) >= 11 is 0. The third kappa shape index (κ3) is 4.81. The molecule has 0 amide bonds. The molecule has 140 valence electrons. The van der Waals surface area contributed by atoms with Gasteiger partial charge in [-0.15, -0.1) is 5.10 Å². The van der Waals surface area contributed by atoms with Gasteiger partial charge in [-0.3, -0.25) is 0 Å². The lowest BCUT2D eigenvalue weighted by Crippen LogP contribution is -2.10. The molecule has 2 aromatic carbocycles. The molecule has 7 nitrogen and oxygen atoms in total. The van der Waals surface area contributed by atoms with E-state index in [0.29, 0.717) is 41.8 Å². The van der Waals surface area contributed by atoms with E-state index in [2.05, 4.69) is 25.8 Å². The predicted octanol–water partition coefficient (Wildman–Crippen LogP) is 3.43. The van der Waals surface area contributed by atoms with Gasteiger partial charge in [0.25, 0.3) is 0 Å². The van der Waals surface area contributed by atoms with E-state index in [9.17, 15) is 4.39 Å². The van der Waals surface area contributed by atoms with Crippen molar-refractivity contribution in [1.29, 1.82) is 0 Å². The second kappa shape index (κ2) is 8.79. The van der Waals surface area contributed by atoms with Gasteiger partial charge in [0.15, 0.2) is 17.3 Å². The second-order valence-electron chi connectivity index (χ2n) is 5.63. The number of rotatable bonds is 8.